The van der Waals surface area contributed by atoms with Crippen LogP contribution in [-0.2, 0) is 6.42 Å². The topological polar surface area (TPSA) is 68.7 Å². The fourth-order valence-electron chi connectivity index (χ4n) is 6.44. The lowest BCUT2D eigenvalue weighted by Gasteiger charge is -2.50. The van der Waals surface area contributed by atoms with Crippen LogP contribution in [0.5, 0.6) is 11.5 Å². The van der Waals surface area contributed by atoms with Crippen molar-refractivity contribution in [2.24, 2.45) is 17.3 Å². The lowest BCUT2D eigenvalue weighted by molar-refractivity contribution is -0.0226. The standard InChI is InChI=1S/C25H29NO4/c1-25-10-7-17-18(20(25)5-6-23(25)27)4-3-16-13-22(21(29-2)14-19(16)17)30-24(28)15-8-11-26-12-9-15/h8-9,11-14,17-18,20,23,27H,3-7,10H2,1-2H3/t17-,18+,20-,23-,25-/m0/s1. The number of carbonyl (C=O) groups is 1. The van der Waals surface area contributed by atoms with Crippen molar-refractivity contribution in [2.75, 3.05) is 7.11 Å². The number of esters is 1. The van der Waals surface area contributed by atoms with E-state index in [1.165, 1.54) is 11.1 Å². The van der Waals surface area contributed by atoms with Gasteiger partial charge in [0.15, 0.2) is 11.5 Å². The van der Waals surface area contributed by atoms with Crippen LogP contribution in [0, 0.1) is 17.3 Å². The monoisotopic (exact) mass is 407 g/mol. The third-order valence-corrected chi connectivity index (χ3v) is 8.08. The Labute approximate surface area is 177 Å². The van der Waals surface area contributed by atoms with Gasteiger partial charge in [-0.15, -0.1) is 0 Å². The third-order valence-electron chi connectivity index (χ3n) is 8.08. The van der Waals surface area contributed by atoms with E-state index >= 15 is 0 Å². The van der Waals surface area contributed by atoms with Crippen molar-refractivity contribution in [3.05, 3.63) is 53.3 Å². The minimum absolute atomic E-state index is 0.0722. The molecule has 3 aliphatic rings. The number of hydrogen-bond acceptors (Lipinski definition) is 5. The van der Waals surface area contributed by atoms with Crippen LogP contribution in [-0.4, -0.2) is 29.3 Å². The summed E-state index contributed by atoms with van der Waals surface area (Å²) < 4.78 is 11.3. The highest BCUT2D eigenvalue weighted by Crippen LogP contribution is 2.61. The molecule has 1 aromatic heterocycles. The van der Waals surface area contributed by atoms with Gasteiger partial charge in [0.05, 0.1) is 18.8 Å². The number of carbonyl (C=O) groups excluding carboxylic acids is 1. The predicted octanol–water partition coefficient (Wildman–Crippen LogP) is 4.53. The zero-order chi connectivity index (χ0) is 20.9. The van der Waals surface area contributed by atoms with Crippen molar-refractivity contribution < 1.29 is 19.4 Å². The van der Waals surface area contributed by atoms with Gasteiger partial charge in [0.1, 0.15) is 0 Å². The number of benzene rings is 1. The minimum Gasteiger partial charge on any atom is -0.493 e. The first-order chi connectivity index (χ1) is 14.5. The smallest absolute Gasteiger partial charge is 0.343 e. The quantitative estimate of drug-likeness (QED) is 0.598. The van der Waals surface area contributed by atoms with Crippen LogP contribution in [0.2, 0.25) is 0 Å². The lowest BCUT2D eigenvalue weighted by atomic mass is 9.55. The van der Waals surface area contributed by atoms with Crippen LogP contribution in [0.3, 0.4) is 0 Å². The Morgan fingerprint density at radius 3 is 2.70 bits per heavy atom. The first kappa shape index (κ1) is 19.6. The molecule has 0 radical (unpaired) electrons. The number of aliphatic hydroxyl groups excluding tert-OH is 1. The molecule has 1 heterocycles. The average Bonchev–Trinajstić information content (AvgIpc) is 3.08. The second-order valence-electron chi connectivity index (χ2n) is 9.38. The summed E-state index contributed by atoms with van der Waals surface area (Å²) in [4.78, 5) is 16.5. The zero-order valence-electron chi connectivity index (χ0n) is 17.6. The molecule has 0 unspecified atom stereocenters. The number of methoxy groups -OCH3 is 1. The van der Waals surface area contributed by atoms with Crippen molar-refractivity contribution in [1.82, 2.24) is 4.98 Å². The molecule has 0 spiro atoms. The molecular formula is C25H29NO4. The number of ether oxygens (including phenoxy) is 2. The van der Waals surface area contributed by atoms with Gasteiger partial charge in [0.2, 0.25) is 0 Å². The highest BCUT2D eigenvalue weighted by molar-refractivity contribution is 5.91. The molecule has 2 aromatic rings. The maximum atomic E-state index is 12.5. The number of pyridine rings is 1. The molecule has 1 N–H and O–H groups in total. The fourth-order valence-corrected chi connectivity index (χ4v) is 6.44. The Bertz CT molecular complexity index is 959. The summed E-state index contributed by atoms with van der Waals surface area (Å²) in [5.74, 6) is 2.39. The molecule has 5 nitrogen and oxygen atoms in total. The molecule has 0 amide bonds. The van der Waals surface area contributed by atoms with Crippen molar-refractivity contribution in [3.8, 4) is 11.5 Å². The van der Waals surface area contributed by atoms with Gasteiger partial charge < -0.3 is 14.6 Å². The number of aryl methyl sites for hydroxylation is 1. The maximum Gasteiger partial charge on any atom is 0.343 e. The Morgan fingerprint density at radius 1 is 1.13 bits per heavy atom. The number of rotatable bonds is 3. The van der Waals surface area contributed by atoms with Crippen LogP contribution >= 0.6 is 0 Å². The molecule has 0 bridgehead atoms. The molecular weight excluding hydrogens is 378 g/mol. The third kappa shape index (κ3) is 3.02. The van der Waals surface area contributed by atoms with Gasteiger partial charge in [-0.25, -0.2) is 4.79 Å². The van der Waals surface area contributed by atoms with Gasteiger partial charge in [-0.2, -0.15) is 0 Å². The molecule has 1 aromatic carbocycles. The SMILES string of the molecule is COc1cc2c(cc1OC(=O)c1ccncc1)CC[C@@H]1[C@@H]2CC[C@]2(C)[C@@H](O)CC[C@@H]12. The number of hydrogen-bond donors (Lipinski definition) is 1. The first-order valence-corrected chi connectivity index (χ1v) is 11.0. The van der Waals surface area contributed by atoms with Crippen LogP contribution in [0.4, 0.5) is 0 Å². The van der Waals surface area contributed by atoms with Crippen LogP contribution < -0.4 is 9.47 Å². The summed E-state index contributed by atoms with van der Waals surface area (Å²) in [6.45, 7) is 2.29. The summed E-state index contributed by atoms with van der Waals surface area (Å²) in [6, 6.07) is 7.38. The van der Waals surface area contributed by atoms with E-state index in [0.717, 1.165) is 38.5 Å². The second-order valence-corrected chi connectivity index (χ2v) is 9.38. The van der Waals surface area contributed by atoms with E-state index in [0.29, 0.717) is 34.8 Å². The van der Waals surface area contributed by atoms with Crippen LogP contribution in [0.1, 0.15) is 66.4 Å². The molecule has 30 heavy (non-hydrogen) atoms. The van der Waals surface area contributed by atoms with Crippen molar-refractivity contribution >= 4 is 5.97 Å². The summed E-state index contributed by atoms with van der Waals surface area (Å²) in [5, 5.41) is 10.6. The van der Waals surface area contributed by atoms with E-state index in [4.69, 9.17) is 9.47 Å². The fraction of sp³-hybridized carbons (Fsp3) is 0.520. The highest BCUT2D eigenvalue weighted by atomic mass is 16.6. The van der Waals surface area contributed by atoms with E-state index in [1.807, 2.05) is 6.07 Å². The van der Waals surface area contributed by atoms with Gasteiger partial charge in [0, 0.05) is 12.4 Å². The van der Waals surface area contributed by atoms with E-state index in [2.05, 4.69) is 18.0 Å². The normalized spacial score (nSPS) is 32.0. The van der Waals surface area contributed by atoms with Gasteiger partial charge in [-0.1, -0.05) is 6.92 Å². The molecule has 2 fully saturated rings. The van der Waals surface area contributed by atoms with Crippen LogP contribution in [0.25, 0.3) is 0 Å². The maximum absolute atomic E-state index is 12.5. The van der Waals surface area contributed by atoms with Gasteiger partial charge in [-0.05, 0) is 97.1 Å². The summed E-state index contributed by atoms with van der Waals surface area (Å²) in [7, 11) is 1.62. The second kappa shape index (κ2) is 7.38. The molecule has 0 aliphatic heterocycles. The predicted molar refractivity (Wildman–Crippen MR) is 113 cm³/mol. The Balaban J connectivity index is 1.44. The molecule has 5 rings (SSSR count). The molecule has 5 atom stereocenters. The first-order valence-electron chi connectivity index (χ1n) is 11.0. The summed E-state index contributed by atoms with van der Waals surface area (Å²) >= 11 is 0. The number of fused-ring (bicyclic) bond motifs is 5. The summed E-state index contributed by atoms with van der Waals surface area (Å²) in [6.07, 6.45) is 9.35. The lowest BCUT2D eigenvalue weighted by Crippen LogP contribution is -2.43. The summed E-state index contributed by atoms with van der Waals surface area (Å²) in [5.41, 5.74) is 3.14. The van der Waals surface area contributed by atoms with Gasteiger partial charge in [-0.3, -0.25) is 4.98 Å². The largest absolute Gasteiger partial charge is 0.493 e. The van der Waals surface area contributed by atoms with E-state index < -0.39 is 5.97 Å². The van der Waals surface area contributed by atoms with E-state index in [9.17, 15) is 9.90 Å². The molecule has 158 valence electrons. The number of nitrogens with zero attached hydrogens (tertiary/aromatic N) is 1. The van der Waals surface area contributed by atoms with Crippen molar-refractivity contribution in [2.45, 2.75) is 57.5 Å². The number of aliphatic hydroxyl groups is 1. The van der Waals surface area contributed by atoms with Crippen LogP contribution in [0.15, 0.2) is 36.7 Å². The molecule has 3 aliphatic carbocycles. The zero-order valence-corrected chi connectivity index (χ0v) is 17.6. The van der Waals surface area contributed by atoms with Crippen molar-refractivity contribution in [3.63, 3.8) is 0 Å². The Morgan fingerprint density at radius 2 is 1.93 bits per heavy atom. The Hall–Kier alpha value is -2.40. The van der Waals surface area contributed by atoms with Gasteiger partial charge in [0.25, 0.3) is 0 Å². The average molecular weight is 408 g/mol. The Kier molecular flexibility index (Phi) is 4.81. The molecule has 0 saturated heterocycles. The number of aromatic nitrogens is 1. The molecule has 2 saturated carbocycles. The minimum atomic E-state index is -0.405. The molecule has 5 heteroatoms. The van der Waals surface area contributed by atoms with E-state index in [1.54, 1.807) is 31.6 Å². The van der Waals surface area contributed by atoms with Crippen molar-refractivity contribution in [1.29, 1.82) is 0 Å². The van der Waals surface area contributed by atoms with Gasteiger partial charge >= 0.3 is 5.97 Å². The van der Waals surface area contributed by atoms with E-state index in [-0.39, 0.29) is 11.5 Å². The highest BCUT2D eigenvalue weighted by Gasteiger charge is 2.54.